The summed E-state index contributed by atoms with van der Waals surface area (Å²) in [4.78, 5) is 27.0. The van der Waals surface area contributed by atoms with Gasteiger partial charge in [0.2, 0.25) is 6.41 Å². The topological polar surface area (TPSA) is 81.9 Å². The smallest absolute Gasteiger partial charge is 0.322 e. The summed E-state index contributed by atoms with van der Waals surface area (Å²) in [7, 11) is 1.27. The number of rotatable bonds is 6. The minimum absolute atomic E-state index is 0.247. The average molecular weight is 232 g/mol. The molecule has 1 atom stereocenters. The van der Waals surface area contributed by atoms with Gasteiger partial charge in [-0.25, -0.2) is 5.06 Å². The Balaban J connectivity index is 4.06. The second-order valence-electron chi connectivity index (χ2n) is 4.37. The molecule has 16 heavy (non-hydrogen) atoms. The Labute approximate surface area is 95.6 Å². The van der Waals surface area contributed by atoms with Crippen molar-refractivity contribution in [2.45, 2.75) is 38.8 Å². The Morgan fingerprint density at radius 2 is 2.06 bits per heavy atom. The van der Waals surface area contributed by atoms with Crippen LogP contribution in [0, 0.1) is 0 Å². The first-order chi connectivity index (χ1) is 7.30. The number of hydrogen-bond acceptors (Lipinski definition) is 5. The fourth-order valence-electron chi connectivity index (χ4n) is 1.01. The van der Waals surface area contributed by atoms with Crippen LogP contribution in [0.3, 0.4) is 0 Å². The molecule has 0 bridgehead atoms. The van der Waals surface area contributed by atoms with Gasteiger partial charge in [0, 0.05) is 0 Å². The minimum atomic E-state index is -0.740. The molecule has 6 nitrogen and oxygen atoms in total. The number of hydrogen-bond donors (Lipinski definition) is 1. The Morgan fingerprint density at radius 3 is 2.44 bits per heavy atom. The predicted octanol–water partition coefficient (Wildman–Crippen LogP) is 0.0653. The Bertz CT molecular complexity index is 237. The van der Waals surface area contributed by atoms with Crippen molar-refractivity contribution in [3.8, 4) is 0 Å². The second kappa shape index (κ2) is 6.44. The summed E-state index contributed by atoms with van der Waals surface area (Å²) in [6.07, 6.45) is 0.858. The van der Waals surface area contributed by atoms with E-state index in [0.717, 1.165) is 5.06 Å². The van der Waals surface area contributed by atoms with Crippen LogP contribution in [-0.4, -0.2) is 42.7 Å². The highest BCUT2D eigenvalue weighted by atomic mass is 16.7. The monoisotopic (exact) mass is 232 g/mol. The van der Waals surface area contributed by atoms with Gasteiger partial charge in [-0.05, 0) is 27.2 Å². The number of carbonyl (C=O) groups excluding carboxylic acids is 2. The SMILES string of the molecule is COC(=O)[C@@H](N)CCN(C=O)OC(C)(C)C. The van der Waals surface area contributed by atoms with E-state index in [2.05, 4.69) is 4.74 Å². The number of amides is 1. The summed E-state index contributed by atoms with van der Waals surface area (Å²) in [5.74, 6) is -0.499. The molecule has 6 heteroatoms. The molecule has 0 saturated heterocycles. The number of nitrogens with zero attached hydrogens (tertiary/aromatic N) is 1. The fourth-order valence-corrected chi connectivity index (χ4v) is 1.01. The highest BCUT2D eigenvalue weighted by Gasteiger charge is 2.19. The van der Waals surface area contributed by atoms with Crippen molar-refractivity contribution >= 4 is 12.4 Å². The van der Waals surface area contributed by atoms with Crippen LogP contribution in [-0.2, 0) is 19.2 Å². The molecule has 0 aliphatic rings. The largest absolute Gasteiger partial charge is 0.468 e. The first kappa shape index (κ1) is 14.9. The molecule has 0 fully saturated rings. The number of ether oxygens (including phenoxy) is 1. The van der Waals surface area contributed by atoms with Crippen molar-refractivity contribution in [2.75, 3.05) is 13.7 Å². The van der Waals surface area contributed by atoms with Crippen molar-refractivity contribution < 1.29 is 19.2 Å². The van der Waals surface area contributed by atoms with E-state index >= 15 is 0 Å². The third kappa shape index (κ3) is 6.36. The third-order valence-corrected chi connectivity index (χ3v) is 1.67. The van der Waals surface area contributed by atoms with Crippen molar-refractivity contribution in [2.24, 2.45) is 5.73 Å². The molecule has 0 radical (unpaired) electrons. The van der Waals surface area contributed by atoms with Crippen molar-refractivity contribution in [1.82, 2.24) is 5.06 Å². The quantitative estimate of drug-likeness (QED) is 0.398. The van der Waals surface area contributed by atoms with Crippen molar-refractivity contribution in [3.63, 3.8) is 0 Å². The predicted molar refractivity (Wildman–Crippen MR) is 58.2 cm³/mol. The van der Waals surface area contributed by atoms with Gasteiger partial charge in [0.15, 0.2) is 0 Å². The highest BCUT2D eigenvalue weighted by molar-refractivity contribution is 5.75. The lowest BCUT2D eigenvalue weighted by Crippen LogP contribution is -2.39. The second-order valence-corrected chi connectivity index (χ2v) is 4.37. The maximum absolute atomic E-state index is 11.0. The molecule has 0 aromatic rings. The van der Waals surface area contributed by atoms with Crippen LogP contribution < -0.4 is 5.73 Å². The van der Waals surface area contributed by atoms with Gasteiger partial charge >= 0.3 is 5.97 Å². The average Bonchev–Trinajstić information content (AvgIpc) is 2.20. The van der Waals surface area contributed by atoms with Crippen molar-refractivity contribution in [1.29, 1.82) is 0 Å². The van der Waals surface area contributed by atoms with Gasteiger partial charge in [0.05, 0.1) is 19.3 Å². The van der Waals surface area contributed by atoms with Crippen molar-refractivity contribution in [3.05, 3.63) is 0 Å². The van der Waals surface area contributed by atoms with E-state index in [1.807, 2.05) is 20.8 Å². The highest BCUT2D eigenvalue weighted by Crippen LogP contribution is 2.09. The standard InChI is InChI=1S/C10H20N2O4/c1-10(2,3)16-12(7-13)6-5-8(11)9(14)15-4/h7-8H,5-6,11H2,1-4H3/t8-/m0/s1. The molecular formula is C10H20N2O4. The molecule has 2 N–H and O–H groups in total. The summed E-state index contributed by atoms with van der Waals surface area (Å²) >= 11 is 0. The molecule has 94 valence electrons. The summed E-state index contributed by atoms with van der Waals surface area (Å²) in [5, 5.41) is 1.13. The van der Waals surface area contributed by atoms with E-state index in [4.69, 9.17) is 10.6 Å². The number of carbonyl (C=O) groups is 2. The zero-order chi connectivity index (χ0) is 12.8. The van der Waals surface area contributed by atoms with E-state index in [0.29, 0.717) is 12.8 Å². The van der Waals surface area contributed by atoms with E-state index in [9.17, 15) is 9.59 Å². The van der Waals surface area contributed by atoms with Gasteiger partial charge in [-0.1, -0.05) is 0 Å². The van der Waals surface area contributed by atoms with Crippen LogP contribution in [0.5, 0.6) is 0 Å². The van der Waals surface area contributed by atoms with Gasteiger partial charge in [-0.3, -0.25) is 14.4 Å². The zero-order valence-corrected chi connectivity index (χ0v) is 10.2. The summed E-state index contributed by atoms with van der Waals surface area (Å²) in [5.41, 5.74) is 5.06. The molecule has 0 aliphatic carbocycles. The van der Waals surface area contributed by atoms with Crippen LogP contribution in [0.15, 0.2) is 0 Å². The molecule has 1 amide bonds. The number of nitrogens with two attached hydrogens (primary N) is 1. The van der Waals surface area contributed by atoms with Crippen LogP contribution in [0.25, 0.3) is 0 Å². The molecular weight excluding hydrogens is 212 g/mol. The summed E-state index contributed by atoms with van der Waals surface area (Å²) in [6, 6.07) is -0.740. The van der Waals surface area contributed by atoms with E-state index < -0.39 is 17.6 Å². The molecule has 0 aromatic carbocycles. The zero-order valence-electron chi connectivity index (χ0n) is 10.2. The van der Waals surface area contributed by atoms with Crippen LogP contribution in [0.1, 0.15) is 27.2 Å². The van der Waals surface area contributed by atoms with Gasteiger partial charge in [-0.15, -0.1) is 0 Å². The first-order valence-electron chi connectivity index (χ1n) is 5.04. The molecule has 0 aromatic heterocycles. The van der Waals surface area contributed by atoms with Crippen LogP contribution >= 0.6 is 0 Å². The lowest BCUT2D eigenvalue weighted by atomic mass is 10.2. The molecule has 0 aliphatic heterocycles. The Morgan fingerprint density at radius 1 is 1.50 bits per heavy atom. The number of hydroxylamine groups is 2. The first-order valence-corrected chi connectivity index (χ1v) is 5.04. The normalized spacial score (nSPS) is 13.1. The van der Waals surface area contributed by atoms with Crippen LogP contribution in [0.4, 0.5) is 0 Å². The molecule has 0 unspecified atom stereocenters. The van der Waals surface area contributed by atoms with Crippen LogP contribution in [0.2, 0.25) is 0 Å². The van der Waals surface area contributed by atoms with Gasteiger partial charge in [-0.2, -0.15) is 0 Å². The summed E-state index contributed by atoms with van der Waals surface area (Å²) < 4.78 is 4.47. The molecule has 0 heterocycles. The van der Waals surface area contributed by atoms with Gasteiger partial charge in [0.25, 0.3) is 0 Å². The Hall–Kier alpha value is -1.14. The van der Waals surface area contributed by atoms with E-state index in [1.54, 1.807) is 0 Å². The third-order valence-electron chi connectivity index (χ3n) is 1.67. The van der Waals surface area contributed by atoms with E-state index in [-0.39, 0.29) is 6.54 Å². The maximum Gasteiger partial charge on any atom is 0.322 e. The lowest BCUT2D eigenvalue weighted by Gasteiger charge is -2.27. The van der Waals surface area contributed by atoms with E-state index in [1.165, 1.54) is 7.11 Å². The summed E-state index contributed by atoms with van der Waals surface area (Å²) in [6.45, 7) is 5.72. The van der Waals surface area contributed by atoms with Gasteiger partial charge < -0.3 is 10.5 Å². The lowest BCUT2D eigenvalue weighted by molar-refractivity contribution is -0.216. The number of esters is 1. The molecule has 0 saturated carbocycles. The Kier molecular flexibility index (Phi) is 5.98. The molecule has 0 rings (SSSR count). The van der Waals surface area contributed by atoms with Gasteiger partial charge in [0.1, 0.15) is 6.04 Å². The number of methoxy groups -OCH3 is 1. The fraction of sp³-hybridized carbons (Fsp3) is 0.800. The minimum Gasteiger partial charge on any atom is -0.468 e. The maximum atomic E-state index is 11.0. The molecule has 0 spiro atoms.